The van der Waals surface area contributed by atoms with Gasteiger partial charge in [-0.25, -0.2) is 4.68 Å². The monoisotopic (exact) mass is 328 g/mol. The largest absolute Gasteiger partial charge is 0.369 e. The van der Waals surface area contributed by atoms with Gasteiger partial charge in [0.1, 0.15) is 0 Å². The quantitative estimate of drug-likeness (QED) is 0.906. The van der Waals surface area contributed by atoms with Crippen LogP contribution in [0.2, 0.25) is 0 Å². The summed E-state index contributed by atoms with van der Waals surface area (Å²) >= 11 is 0. The first kappa shape index (κ1) is 16.2. The lowest BCUT2D eigenvalue weighted by Crippen LogP contribution is -2.35. The maximum absolute atomic E-state index is 12.9. The number of likely N-dealkylation sites (tertiary alicyclic amines) is 1. The third kappa shape index (κ3) is 2.66. The molecule has 7 nitrogen and oxygen atoms in total. The Labute approximate surface area is 139 Å². The van der Waals surface area contributed by atoms with Crippen LogP contribution in [0.3, 0.4) is 0 Å². The van der Waals surface area contributed by atoms with E-state index in [1.165, 1.54) is 4.68 Å². The number of fused-ring (bicyclic) bond motifs is 1. The van der Waals surface area contributed by atoms with Gasteiger partial charge in [0.05, 0.1) is 17.3 Å². The summed E-state index contributed by atoms with van der Waals surface area (Å²) in [5, 5.41) is 5.31. The van der Waals surface area contributed by atoms with E-state index in [9.17, 15) is 14.4 Å². The lowest BCUT2D eigenvalue weighted by Gasteiger charge is -2.18. The van der Waals surface area contributed by atoms with E-state index in [0.717, 1.165) is 0 Å². The molecule has 1 aliphatic rings. The van der Waals surface area contributed by atoms with Crippen LogP contribution in [0.5, 0.6) is 0 Å². The normalized spacial score (nSPS) is 17.6. The molecule has 126 valence electrons. The van der Waals surface area contributed by atoms with Crippen molar-refractivity contribution in [2.45, 2.75) is 26.3 Å². The number of hydrogen-bond donors (Lipinski definition) is 1. The van der Waals surface area contributed by atoms with Gasteiger partial charge in [0, 0.05) is 18.5 Å². The number of nitrogens with zero attached hydrogens (tertiary/aromatic N) is 3. The summed E-state index contributed by atoms with van der Waals surface area (Å²) in [4.78, 5) is 38.3. The molecular weight excluding hydrogens is 308 g/mol. The highest BCUT2D eigenvalue weighted by molar-refractivity contribution is 6.05. The van der Waals surface area contributed by atoms with Crippen molar-refractivity contribution in [2.24, 2.45) is 11.7 Å². The van der Waals surface area contributed by atoms with Gasteiger partial charge in [-0.05, 0) is 26.3 Å². The van der Waals surface area contributed by atoms with Gasteiger partial charge < -0.3 is 10.6 Å². The maximum Gasteiger partial charge on any atom is 0.274 e. The average Bonchev–Trinajstić information content (AvgIpc) is 3.05. The lowest BCUT2D eigenvalue weighted by molar-refractivity contribution is -0.121. The van der Waals surface area contributed by atoms with Crippen molar-refractivity contribution in [3.8, 4) is 0 Å². The summed E-state index contributed by atoms with van der Waals surface area (Å²) in [7, 11) is 0. The lowest BCUT2D eigenvalue weighted by atomic mass is 10.1. The zero-order valence-corrected chi connectivity index (χ0v) is 13.7. The summed E-state index contributed by atoms with van der Waals surface area (Å²) in [6, 6.07) is 6.80. The highest BCUT2D eigenvalue weighted by Gasteiger charge is 2.32. The number of primary amides is 1. The molecule has 3 rings (SSSR count). The smallest absolute Gasteiger partial charge is 0.274 e. The van der Waals surface area contributed by atoms with Crippen LogP contribution >= 0.6 is 0 Å². The van der Waals surface area contributed by atoms with Crippen LogP contribution in [0, 0.1) is 5.92 Å². The van der Waals surface area contributed by atoms with Crippen molar-refractivity contribution >= 4 is 22.6 Å². The van der Waals surface area contributed by atoms with Gasteiger partial charge >= 0.3 is 0 Å². The average molecular weight is 328 g/mol. The van der Waals surface area contributed by atoms with Crippen molar-refractivity contribution in [1.29, 1.82) is 0 Å². The van der Waals surface area contributed by atoms with Gasteiger partial charge in [-0.15, -0.1) is 0 Å². The molecule has 2 aromatic rings. The molecule has 0 radical (unpaired) electrons. The first-order valence-electron chi connectivity index (χ1n) is 8.00. The van der Waals surface area contributed by atoms with Gasteiger partial charge in [-0.3, -0.25) is 14.4 Å². The first-order chi connectivity index (χ1) is 11.4. The second-order valence-electron chi connectivity index (χ2n) is 6.38. The standard InChI is InChI=1S/C17H20N4O3/c1-10(2)21-16(23)13-6-4-3-5-12(13)14(19-21)17(24)20-8-7-11(9-20)15(18)22/h3-6,10-11H,7-9H2,1-2H3,(H2,18,22). The second-order valence-corrected chi connectivity index (χ2v) is 6.38. The SMILES string of the molecule is CC(C)n1nc(C(=O)N2CCC(C(N)=O)C2)c2ccccc2c1=O. The first-order valence-corrected chi connectivity index (χ1v) is 8.00. The van der Waals surface area contributed by atoms with E-state index in [-0.39, 0.29) is 29.1 Å². The van der Waals surface area contributed by atoms with Crippen LogP contribution in [0.25, 0.3) is 10.8 Å². The number of rotatable bonds is 3. The Balaban J connectivity index is 2.09. The summed E-state index contributed by atoms with van der Waals surface area (Å²) in [5.41, 5.74) is 5.36. The molecule has 0 aliphatic carbocycles. The topological polar surface area (TPSA) is 98.3 Å². The zero-order valence-electron chi connectivity index (χ0n) is 13.7. The Hall–Kier alpha value is -2.70. The second kappa shape index (κ2) is 6.07. The van der Waals surface area contributed by atoms with Gasteiger partial charge in [0.2, 0.25) is 5.91 Å². The molecule has 1 fully saturated rings. The summed E-state index contributed by atoms with van der Waals surface area (Å²) in [5.74, 6) is -0.990. The molecule has 0 bridgehead atoms. The fourth-order valence-corrected chi connectivity index (χ4v) is 3.04. The van der Waals surface area contributed by atoms with Gasteiger partial charge in [0.25, 0.3) is 11.5 Å². The summed E-state index contributed by atoms with van der Waals surface area (Å²) in [6.45, 7) is 4.45. The van der Waals surface area contributed by atoms with Crippen LogP contribution < -0.4 is 11.3 Å². The Kier molecular flexibility index (Phi) is 4.09. The van der Waals surface area contributed by atoms with Crippen molar-refractivity contribution in [3.05, 3.63) is 40.3 Å². The van der Waals surface area contributed by atoms with E-state index in [2.05, 4.69) is 5.10 Å². The van der Waals surface area contributed by atoms with Gasteiger partial charge in [0.15, 0.2) is 5.69 Å². The van der Waals surface area contributed by atoms with Crippen molar-refractivity contribution in [2.75, 3.05) is 13.1 Å². The molecule has 0 spiro atoms. The van der Waals surface area contributed by atoms with Gasteiger partial charge in [-0.1, -0.05) is 18.2 Å². The van der Waals surface area contributed by atoms with E-state index >= 15 is 0 Å². The molecule has 1 atom stereocenters. The molecule has 1 aromatic heterocycles. The molecule has 1 aliphatic heterocycles. The van der Waals surface area contributed by atoms with Crippen LogP contribution in [-0.4, -0.2) is 39.6 Å². The molecule has 24 heavy (non-hydrogen) atoms. The number of amides is 2. The van der Waals surface area contributed by atoms with E-state index in [0.29, 0.717) is 30.3 Å². The summed E-state index contributed by atoms with van der Waals surface area (Å²) in [6.07, 6.45) is 0.558. The molecular formula is C17H20N4O3. The minimum atomic E-state index is -0.393. The van der Waals surface area contributed by atoms with Crippen molar-refractivity contribution < 1.29 is 9.59 Å². The van der Waals surface area contributed by atoms with Gasteiger partial charge in [-0.2, -0.15) is 5.10 Å². The van der Waals surface area contributed by atoms with Crippen LogP contribution in [0.1, 0.15) is 36.8 Å². The molecule has 7 heteroatoms. The number of benzene rings is 1. The number of carbonyl (C=O) groups excluding carboxylic acids is 2. The minimum absolute atomic E-state index is 0.161. The summed E-state index contributed by atoms with van der Waals surface area (Å²) < 4.78 is 1.33. The van der Waals surface area contributed by atoms with E-state index in [1.807, 2.05) is 13.8 Å². The fourth-order valence-electron chi connectivity index (χ4n) is 3.04. The Morgan fingerprint density at radius 2 is 1.92 bits per heavy atom. The Morgan fingerprint density at radius 1 is 1.25 bits per heavy atom. The molecule has 0 saturated carbocycles. The predicted molar refractivity (Wildman–Crippen MR) is 89.6 cm³/mol. The fraction of sp³-hybridized carbons (Fsp3) is 0.412. The minimum Gasteiger partial charge on any atom is -0.369 e. The molecule has 1 unspecified atom stereocenters. The number of carbonyl (C=O) groups is 2. The van der Waals surface area contributed by atoms with E-state index < -0.39 is 5.91 Å². The highest BCUT2D eigenvalue weighted by atomic mass is 16.2. The van der Waals surface area contributed by atoms with E-state index in [4.69, 9.17) is 5.73 Å². The Bertz CT molecular complexity index is 872. The molecule has 1 saturated heterocycles. The maximum atomic E-state index is 12.9. The molecule has 2 N–H and O–H groups in total. The molecule has 1 aromatic carbocycles. The number of aromatic nitrogens is 2. The Morgan fingerprint density at radius 3 is 2.50 bits per heavy atom. The van der Waals surface area contributed by atoms with Crippen LogP contribution in [0.4, 0.5) is 0 Å². The predicted octanol–water partition coefficient (Wildman–Crippen LogP) is 0.925. The molecule has 2 heterocycles. The van der Waals surface area contributed by atoms with Crippen LogP contribution in [0.15, 0.2) is 29.1 Å². The third-order valence-corrected chi connectivity index (χ3v) is 4.40. The molecule has 2 amide bonds. The number of hydrogen-bond acceptors (Lipinski definition) is 4. The highest BCUT2D eigenvalue weighted by Crippen LogP contribution is 2.21. The van der Waals surface area contributed by atoms with E-state index in [1.54, 1.807) is 29.2 Å². The number of nitrogens with two attached hydrogens (primary N) is 1. The van der Waals surface area contributed by atoms with Crippen molar-refractivity contribution in [3.63, 3.8) is 0 Å². The van der Waals surface area contributed by atoms with Crippen molar-refractivity contribution in [1.82, 2.24) is 14.7 Å². The van der Waals surface area contributed by atoms with Crippen LogP contribution in [-0.2, 0) is 4.79 Å². The third-order valence-electron chi connectivity index (χ3n) is 4.40. The zero-order chi connectivity index (χ0) is 17.4.